The Bertz CT molecular complexity index is 1500. The second-order valence-corrected chi connectivity index (χ2v) is 13.2. The van der Waals surface area contributed by atoms with Gasteiger partial charge in [-0.1, -0.05) is 12.1 Å². The molecule has 0 radical (unpaired) electrons. The molecule has 3 aromatic heterocycles. The van der Waals surface area contributed by atoms with Crippen molar-refractivity contribution in [2.24, 2.45) is 0 Å². The number of morpholine rings is 1. The van der Waals surface area contributed by atoms with Crippen molar-refractivity contribution in [2.75, 3.05) is 75.9 Å². The molecule has 37 heavy (non-hydrogen) atoms. The summed E-state index contributed by atoms with van der Waals surface area (Å²) >= 11 is 1.77. The Labute approximate surface area is 220 Å². The predicted octanol–water partition coefficient (Wildman–Crippen LogP) is 2.23. The molecule has 0 saturated carbocycles. The number of hydrogen-bond acceptors (Lipinski definition) is 10. The molecule has 2 saturated heterocycles. The van der Waals surface area contributed by atoms with Gasteiger partial charge in [-0.15, -0.1) is 11.3 Å². The normalized spacial score (nSPS) is 18.2. The van der Waals surface area contributed by atoms with Gasteiger partial charge in [-0.3, -0.25) is 14.9 Å². The highest BCUT2D eigenvalue weighted by molar-refractivity contribution is 7.90. The number of fused-ring (bicyclic) bond motifs is 2. The van der Waals surface area contributed by atoms with E-state index in [0.29, 0.717) is 25.6 Å². The molecular formula is C25H31N7O3S2. The maximum atomic E-state index is 11.5. The molecule has 12 heteroatoms. The summed E-state index contributed by atoms with van der Waals surface area (Å²) in [6, 6.07) is 8.28. The highest BCUT2D eigenvalue weighted by Crippen LogP contribution is 2.36. The first kappa shape index (κ1) is 24.7. The molecule has 0 unspecified atom stereocenters. The minimum Gasteiger partial charge on any atom is -0.378 e. The van der Waals surface area contributed by atoms with Gasteiger partial charge in [-0.25, -0.2) is 18.4 Å². The van der Waals surface area contributed by atoms with Crippen LogP contribution in [0, 0.1) is 0 Å². The van der Waals surface area contributed by atoms with Gasteiger partial charge >= 0.3 is 0 Å². The van der Waals surface area contributed by atoms with Gasteiger partial charge in [0.05, 0.1) is 40.9 Å². The van der Waals surface area contributed by atoms with Crippen LogP contribution in [-0.4, -0.2) is 109 Å². The fourth-order valence-corrected chi connectivity index (χ4v) is 6.75. The van der Waals surface area contributed by atoms with Crippen molar-refractivity contribution < 1.29 is 13.2 Å². The summed E-state index contributed by atoms with van der Waals surface area (Å²) in [7, 11) is -2.93. The van der Waals surface area contributed by atoms with Crippen LogP contribution in [0.1, 0.15) is 4.88 Å². The van der Waals surface area contributed by atoms with Crippen LogP contribution < -0.4 is 4.90 Å². The number of ether oxygens (including phenoxy) is 1. The third-order valence-electron chi connectivity index (χ3n) is 7.06. The van der Waals surface area contributed by atoms with Crippen molar-refractivity contribution in [3.63, 3.8) is 0 Å². The zero-order chi connectivity index (χ0) is 25.4. The van der Waals surface area contributed by atoms with Crippen molar-refractivity contribution in [2.45, 2.75) is 6.54 Å². The Kier molecular flexibility index (Phi) is 6.84. The van der Waals surface area contributed by atoms with Crippen LogP contribution in [0.4, 0.5) is 5.82 Å². The highest BCUT2D eigenvalue weighted by Gasteiger charge is 2.23. The zero-order valence-electron chi connectivity index (χ0n) is 20.9. The Morgan fingerprint density at radius 2 is 1.84 bits per heavy atom. The van der Waals surface area contributed by atoms with Crippen LogP contribution in [0.2, 0.25) is 0 Å². The van der Waals surface area contributed by atoms with Gasteiger partial charge in [0.15, 0.2) is 11.6 Å². The molecule has 6 rings (SSSR count). The third-order valence-corrected chi connectivity index (χ3v) is 9.09. The van der Waals surface area contributed by atoms with Gasteiger partial charge in [-0.2, -0.15) is 5.10 Å². The summed E-state index contributed by atoms with van der Waals surface area (Å²) in [6.07, 6.45) is 3.14. The van der Waals surface area contributed by atoms with Gasteiger partial charge in [-0.05, 0) is 12.1 Å². The number of piperazine rings is 1. The molecule has 0 amide bonds. The van der Waals surface area contributed by atoms with Crippen LogP contribution in [0.15, 0.2) is 30.5 Å². The molecule has 10 nitrogen and oxygen atoms in total. The maximum absolute atomic E-state index is 11.5. The Balaban J connectivity index is 1.27. The number of anilines is 1. The van der Waals surface area contributed by atoms with Crippen LogP contribution in [0.25, 0.3) is 32.5 Å². The minimum absolute atomic E-state index is 0.223. The van der Waals surface area contributed by atoms with Crippen LogP contribution in [-0.2, 0) is 21.1 Å². The standard InChI is InChI=1S/C25H31N7O3S2/c1-37(33,34)14-11-30-5-7-31(8-6-30)17-18-15-22-23(36-18)25(32-9-12-35-13-10-32)28-24(27-22)19-3-2-4-21-20(19)16-26-29-21/h2-4,15-16H,5-14,17H2,1H3,(H,26,29). The second-order valence-electron chi connectivity index (χ2n) is 9.78. The summed E-state index contributed by atoms with van der Waals surface area (Å²) in [4.78, 5) is 18.4. The number of H-pyrrole nitrogens is 1. The lowest BCUT2D eigenvalue weighted by Crippen LogP contribution is -2.47. The van der Waals surface area contributed by atoms with E-state index < -0.39 is 9.84 Å². The number of aromatic amines is 1. The Morgan fingerprint density at radius 1 is 1.05 bits per heavy atom. The number of benzene rings is 1. The average molecular weight is 542 g/mol. The molecular weight excluding hydrogens is 510 g/mol. The van der Waals surface area contributed by atoms with E-state index in [1.54, 1.807) is 11.3 Å². The van der Waals surface area contributed by atoms with E-state index in [2.05, 4.69) is 37.0 Å². The molecule has 1 aromatic carbocycles. The van der Waals surface area contributed by atoms with Crippen LogP contribution in [0.5, 0.6) is 0 Å². The van der Waals surface area contributed by atoms with Gasteiger partial charge < -0.3 is 9.64 Å². The molecule has 0 aliphatic carbocycles. The summed E-state index contributed by atoms with van der Waals surface area (Å²) in [5.41, 5.74) is 2.91. The molecule has 196 valence electrons. The lowest BCUT2D eigenvalue weighted by atomic mass is 10.1. The van der Waals surface area contributed by atoms with E-state index >= 15 is 0 Å². The van der Waals surface area contributed by atoms with Gasteiger partial charge in [0, 0.05) is 74.4 Å². The van der Waals surface area contributed by atoms with Crippen LogP contribution in [0.3, 0.4) is 0 Å². The third kappa shape index (κ3) is 5.48. The summed E-state index contributed by atoms with van der Waals surface area (Å²) in [5, 5.41) is 8.27. The van der Waals surface area contributed by atoms with Crippen molar-refractivity contribution in [1.82, 2.24) is 30.0 Å². The van der Waals surface area contributed by atoms with E-state index in [1.165, 1.54) is 11.1 Å². The van der Waals surface area contributed by atoms with Crippen LogP contribution >= 0.6 is 11.3 Å². The zero-order valence-corrected chi connectivity index (χ0v) is 22.5. The number of rotatable bonds is 7. The van der Waals surface area contributed by atoms with Crippen molar-refractivity contribution in [3.05, 3.63) is 35.3 Å². The monoisotopic (exact) mass is 541 g/mol. The van der Waals surface area contributed by atoms with Crippen molar-refractivity contribution >= 4 is 48.1 Å². The minimum atomic E-state index is -2.93. The quantitative estimate of drug-likeness (QED) is 0.377. The van der Waals surface area contributed by atoms with Gasteiger partial charge in [0.1, 0.15) is 9.84 Å². The first-order valence-electron chi connectivity index (χ1n) is 12.6. The summed E-state index contributed by atoms with van der Waals surface area (Å²) < 4.78 is 29.7. The van der Waals surface area contributed by atoms with Crippen molar-refractivity contribution in [1.29, 1.82) is 0 Å². The molecule has 4 aromatic rings. The van der Waals surface area contributed by atoms with E-state index in [9.17, 15) is 8.42 Å². The molecule has 0 atom stereocenters. The van der Waals surface area contributed by atoms with Gasteiger partial charge in [0.25, 0.3) is 0 Å². The molecule has 0 spiro atoms. The smallest absolute Gasteiger partial charge is 0.162 e. The lowest BCUT2D eigenvalue weighted by Gasteiger charge is -2.34. The maximum Gasteiger partial charge on any atom is 0.162 e. The van der Waals surface area contributed by atoms with E-state index in [0.717, 1.165) is 78.3 Å². The summed E-state index contributed by atoms with van der Waals surface area (Å²) in [5.74, 6) is 1.91. The summed E-state index contributed by atoms with van der Waals surface area (Å²) in [6.45, 7) is 8.10. The first-order valence-corrected chi connectivity index (χ1v) is 15.5. The number of hydrogen-bond donors (Lipinski definition) is 1. The van der Waals surface area contributed by atoms with Crippen molar-refractivity contribution in [3.8, 4) is 11.4 Å². The Morgan fingerprint density at radius 3 is 2.62 bits per heavy atom. The molecule has 1 N–H and O–H groups in total. The fraction of sp³-hybridized carbons (Fsp3) is 0.480. The predicted molar refractivity (Wildman–Crippen MR) is 147 cm³/mol. The van der Waals surface area contributed by atoms with Gasteiger partial charge in [0.2, 0.25) is 0 Å². The molecule has 5 heterocycles. The lowest BCUT2D eigenvalue weighted by molar-refractivity contribution is 0.122. The SMILES string of the molecule is CS(=O)(=O)CCN1CCN(Cc2cc3nc(-c4cccc5[nH]ncc45)nc(N4CCOCC4)c3s2)CC1. The molecule has 0 bridgehead atoms. The molecule has 2 aliphatic heterocycles. The molecule has 2 aliphatic rings. The van der Waals surface area contributed by atoms with E-state index in [4.69, 9.17) is 14.7 Å². The number of nitrogens with one attached hydrogen (secondary N) is 1. The average Bonchev–Trinajstić information content (AvgIpc) is 3.54. The number of thiophene rings is 1. The first-order chi connectivity index (χ1) is 17.9. The van der Waals surface area contributed by atoms with E-state index in [1.807, 2.05) is 18.3 Å². The number of aromatic nitrogens is 4. The number of nitrogens with zero attached hydrogens (tertiary/aromatic N) is 6. The fourth-order valence-electron chi connectivity index (χ4n) is 5.00. The Hall–Kier alpha value is -2.64. The highest BCUT2D eigenvalue weighted by atomic mass is 32.2. The second kappa shape index (κ2) is 10.3. The largest absolute Gasteiger partial charge is 0.378 e. The molecule has 2 fully saturated rings. The topological polar surface area (TPSA) is 108 Å². The van der Waals surface area contributed by atoms with E-state index in [-0.39, 0.29) is 5.75 Å². The number of sulfone groups is 1.